The molecule has 8 nitrogen and oxygen atoms in total. The number of carbonyl (C=O) groups is 3. The van der Waals surface area contributed by atoms with E-state index in [0.29, 0.717) is 30.8 Å². The number of aromatic carboxylic acids is 1. The summed E-state index contributed by atoms with van der Waals surface area (Å²) in [5, 5.41) is 14.4. The molecule has 0 aliphatic rings. The van der Waals surface area contributed by atoms with E-state index in [1.54, 1.807) is 12.1 Å². The topological polar surface area (TPSA) is 125 Å². The van der Waals surface area contributed by atoms with Gasteiger partial charge in [0.15, 0.2) is 0 Å². The number of anilines is 2. The van der Waals surface area contributed by atoms with Gasteiger partial charge in [0.05, 0.1) is 11.6 Å². The number of rotatable bonds is 9. The number of amides is 2. The Morgan fingerprint density at radius 1 is 0.966 bits per heavy atom. The minimum absolute atomic E-state index is 0.0588. The lowest BCUT2D eigenvalue weighted by Crippen LogP contribution is -2.37. The van der Waals surface area contributed by atoms with E-state index in [4.69, 9.17) is 10.8 Å². The number of nitrogens with zero attached hydrogens (tertiary/aromatic N) is 1. The van der Waals surface area contributed by atoms with Crippen molar-refractivity contribution in [3.63, 3.8) is 0 Å². The second-order valence-corrected chi connectivity index (χ2v) is 6.98. The van der Waals surface area contributed by atoms with Crippen LogP contribution >= 0.6 is 0 Å². The lowest BCUT2D eigenvalue weighted by molar-refractivity contribution is -0.117. The predicted molar refractivity (Wildman–Crippen MR) is 112 cm³/mol. The van der Waals surface area contributed by atoms with Gasteiger partial charge in [0.25, 0.3) is 0 Å². The Hall–Kier alpha value is -3.23. The fourth-order valence-electron chi connectivity index (χ4n) is 2.55. The third-order valence-electron chi connectivity index (χ3n) is 4.22. The average Bonchev–Trinajstić information content (AvgIpc) is 2.68. The standard InChI is InChI=1S/C21H26N4O4/c1-25(2)12-11-19(26)23-16-7-3-14(4-8-16)13-18(22)20(27)24-17-9-5-15(6-10-17)21(28)29/h3-10,18H,11-13,22H2,1-2H3,(H,23,26)(H,24,27)(H,28,29)/t18-/m0/s1. The number of hydrogen-bond acceptors (Lipinski definition) is 5. The summed E-state index contributed by atoms with van der Waals surface area (Å²) in [7, 11) is 3.82. The van der Waals surface area contributed by atoms with Crippen molar-refractivity contribution in [2.24, 2.45) is 5.73 Å². The zero-order chi connectivity index (χ0) is 21.4. The van der Waals surface area contributed by atoms with E-state index < -0.39 is 12.0 Å². The Bertz CT molecular complexity index is 848. The highest BCUT2D eigenvalue weighted by Gasteiger charge is 2.15. The van der Waals surface area contributed by atoms with Crippen LogP contribution in [-0.2, 0) is 16.0 Å². The van der Waals surface area contributed by atoms with Crippen molar-refractivity contribution >= 4 is 29.2 Å². The molecule has 0 fully saturated rings. The SMILES string of the molecule is CN(C)CCC(=O)Nc1ccc(C[C@H](N)C(=O)Nc2ccc(C(=O)O)cc2)cc1. The summed E-state index contributed by atoms with van der Waals surface area (Å²) in [6, 6.07) is 12.3. The van der Waals surface area contributed by atoms with E-state index in [1.807, 2.05) is 31.1 Å². The summed E-state index contributed by atoms with van der Waals surface area (Å²) in [4.78, 5) is 36.9. The van der Waals surface area contributed by atoms with Crippen LogP contribution < -0.4 is 16.4 Å². The molecule has 2 rings (SSSR count). The van der Waals surface area contributed by atoms with Crippen molar-refractivity contribution in [2.45, 2.75) is 18.9 Å². The quantitative estimate of drug-likeness (QED) is 0.510. The second-order valence-electron chi connectivity index (χ2n) is 6.98. The van der Waals surface area contributed by atoms with Gasteiger partial charge in [-0.2, -0.15) is 0 Å². The molecular weight excluding hydrogens is 372 g/mol. The maximum atomic E-state index is 12.3. The van der Waals surface area contributed by atoms with E-state index in [-0.39, 0.29) is 17.4 Å². The van der Waals surface area contributed by atoms with E-state index in [1.165, 1.54) is 24.3 Å². The Morgan fingerprint density at radius 3 is 2.07 bits per heavy atom. The molecule has 8 heteroatoms. The van der Waals surface area contributed by atoms with Gasteiger partial charge in [-0.15, -0.1) is 0 Å². The summed E-state index contributed by atoms with van der Waals surface area (Å²) in [6.07, 6.45) is 0.737. The summed E-state index contributed by atoms with van der Waals surface area (Å²) >= 11 is 0. The van der Waals surface area contributed by atoms with Crippen LogP contribution in [0.4, 0.5) is 11.4 Å². The van der Waals surface area contributed by atoms with Crippen molar-refractivity contribution in [1.29, 1.82) is 0 Å². The Kier molecular flexibility index (Phi) is 7.88. The number of carboxylic acid groups (broad SMARTS) is 1. The average molecular weight is 398 g/mol. The Labute approximate surface area is 169 Å². The maximum absolute atomic E-state index is 12.3. The van der Waals surface area contributed by atoms with Crippen LogP contribution in [0.5, 0.6) is 0 Å². The maximum Gasteiger partial charge on any atom is 0.335 e. The minimum Gasteiger partial charge on any atom is -0.478 e. The van der Waals surface area contributed by atoms with Crippen molar-refractivity contribution in [3.8, 4) is 0 Å². The first-order valence-electron chi connectivity index (χ1n) is 9.18. The van der Waals surface area contributed by atoms with Crippen LogP contribution in [0.1, 0.15) is 22.3 Å². The Morgan fingerprint density at radius 2 is 1.52 bits per heavy atom. The number of nitrogens with one attached hydrogen (secondary N) is 2. The normalized spacial score (nSPS) is 11.7. The van der Waals surface area contributed by atoms with E-state index >= 15 is 0 Å². The molecule has 0 heterocycles. The van der Waals surface area contributed by atoms with Crippen LogP contribution in [0.15, 0.2) is 48.5 Å². The molecule has 29 heavy (non-hydrogen) atoms. The molecule has 0 aromatic heterocycles. The van der Waals surface area contributed by atoms with Crippen LogP contribution in [0.3, 0.4) is 0 Å². The van der Waals surface area contributed by atoms with Gasteiger partial charge in [0.2, 0.25) is 11.8 Å². The van der Waals surface area contributed by atoms with Crippen LogP contribution in [0.25, 0.3) is 0 Å². The van der Waals surface area contributed by atoms with Gasteiger partial charge in [-0.1, -0.05) is 12.1 Å². The number of carboxylic acids is 1. The molecule has 2 aromatic rings. The third-order valence-corrected chi connectivity index (χ3v) is 4.22. The van der Waals surface area contributed by atoms with Gasteiger partial charge < -0.3 is 26.4 Å². The monoisotopic (exact) mass is 398 g/mol. The molecule has 154 valence electrons. The van der Waals surface area contributed by atoms with Gasteiger partial charge in [-0.3, -0.25) is 9.59 Å². The van der Waals surface area contributed by atoms with Crippen LogP contribution in [-0.4, -0.2) is 54.5 Å². The summed E-state index contributed by atoms with van der Waals surface area (Å²) in [6.45, 7) is 0.674. The molecule has 2 amide bonds. The van der Waals surface area contributed by atoms with Gasteiger partial charge in [-0.25, -0.2) is 4.79 Å². The summed E-state index contributed by atoms with van der Waals surface area (Å²) in [5.41, 5.74) is 8.15. The van der Waals surface area contributed by atoms with Crippen molar-refractivity contribution in [2.75, 3.05) is 31.3 Å². The fraction of sp³-hybridized carbons (Fsp3) is 0.286. The van der Waals surface area contributed by atoms with Crippen LogP contribution in [0, 0.1) is 0 Å². The highest BCUT2D eigenvalue weighted by Crippen LogP contribution is 2.13. The highest BCUT2D eigenvalue weighted by atomic mass is 16.4. The van der Waals surface area contributed by atoms with E-state index in [0.717, 1.165) is 5.56 Å². The molecule has 0 aliphatic carbocycles. The number of benzene rings is 2. The summed E-state index contributed by atoms with van der Waals surface area (Å²) in [5.74, 6) is -1.46. The van der Waals surface area contributed by atoms with Crippen molar-refractivity contribution in [1.82, 2.24) is 4.90 Å². The number of carbonyl (C=O) groups excluding carboxylic acids is 2. The first-order chi connectivity index (χ1) is 13.7. The fourth-order valence-corrected chi connectivity index (χ4v) is 2.55. The second kappa shape index (κ2) is 10.4. The van der Waals surface area contributed by atoms with E-state index in [2.05, 4.69) is 10.6 Å². The van der Waals surface area contributed by atoms with Crippen molar-refractivity contribution < 1.29 is 19.5 Å². The largest absolute Gasteiger partial charge is 0.478 e. The van der Waals surface area contributed by atoms with Gasteiger partial charge in [0, 0.05) is 24.3 Å². The zero-order valence-electron chi connectivity index (χ0n) is 16.5. The lowest BCUT2D eigenvalue weighted by Gasteiger charge is -2.13. The minimum atomic E-state index is -1.03. The molecule has 0 spiro atoms. The third kappa shape index (κ3) is 7.36. The van der Waals surface area contributed by atoms with Gasteiger partial charge >= 0.3 is 5.97 Å². The molecule has 0 unspecified atom stereocenters. The highest BCUT2D eigenvalue weighted by molar-refractivity contribution is 5.95. The molecule has 0 aliphatic heterocycles. The summed E-state index contributed by atoms with van der Waals surface area (Å²) < 4.78 is 0. The molecule has 0 saturated carbocycles. The molecule has 5 N–H and O–H groups in total. The first-order valence-corrected chi connectivity index (χ1v) is 9.18. The Balaban J connectivity index is 1.86. The number of nitrogens with two attached hydrogens (primary N) is 1. The molecular formula is C21H26N4O4. The van der Waals surface area contributed by atoms with Crippen LogP contribution in [0.2, 0.25) is 0 Å². The van der Waals surface area contributed by atoms with Crippen molar-refractivity contribution in [3.05, 3.63) is 59.7 Å². The smallest absolute Gasteiger partial charge is 0.335 e. The predicted octanol–water partition coefficient (Wildman–Crippen LogP) is 1.78. The molecule has 0 radical (unpaired) electrons. The van der Waals surface area contributed by atoms with Gasteiger partial charge in [-0.05, 0) is 62.5 Å². The molecule has 2 aromatic carbocycles. The molecule has 0 bridgehead atoms. The van der Waals surface area contributed by atoms with Gasteiger partial charge in [0.1, 0.15) is 0 Å². The molecule has 0 saturated heterocycles. The number of hydrogen-bond donors (Lipinski definition) is 4. The van der Waals surface area contributed by atoms with E-state index in [9.17, 15) is 14.4 Å². The first kappa shape index (κ1) is 22.1. The lowest BCUT2D eigenvalue weighted by atomic mass is 10.1. The molecule has 1 atom stereocenters. The zero-order valence-corrected chi connectivity index (χ0v) is 16.5.